The molecule has 5 nitrogen and oxygen atoms in total. The Morgan fingerprint density at radius 2 is 1.84 bits per heavy atom. The van der Waals surface area contributed by atoms with E-state index in [0.29, 0.717) is 22.8 Å². The van der Waals surface area contributed by atoms with Crippen molar-refractivity contribution in [1.82, 2.24) is 5.32 Å². The Hall–Kier alpha value is -2.96. The fourth-order valence-corrected chi connectivity index (χ4v) is 4.14. The maximum atomic E-state index is 12.9. The number of hydrogen-bond acceptors (Lipinski definition) is 4. The summed E-state index contributed by atoms with van der Waals surface area (Å²) in [5.41, 5.74) is 4.08. The normalized spacial score (nSPS) is 11.7. The predicted molar refractivity (Wildman–Crippen MR) is 128 cm³/mol. The van der Waals surface area contributed by atoms with Crippen LogP contribution in [0.25, 0.3) is 11.1 Å². The Labute approximate surface area is 191 Å². The second kappa shape index (κ2) is 11.6. The highest BCUT2D eigenvalue weighted by Crippen LogP contribution is 2.37. The molecule has 32 heavy (non-hydrogen) atoms. The molecule has 168 valence electrons. The molecule has 3 aromatic carbocycles. The molecule has 0 aliphatic heterocycles. The number of hydrogen-bond donors (Lipinski definition) is 2. The van der Waals surface area contributed by atoms with Crippen molar-refractivity contribution in [2.75, 3.05) is 19.4 Å². The standard InChI is InChI=1S/C26H29NO4S/c1-3-8-20-11-7-12-22(26(29)27-15-16-28)25(20)23-17-21(32(2)30)13-14-24(23)31-18-19-9-5-4-6-10-19/h4-7,9-14,17,28H,3,8,15-16,18H2,1-2H3,(H,27,29). The van der Waals surface area contributed by atoms with Crippen LogP contribution in [-0.2, 0) is 23.8 Å². The van der Waals surface area contributed by atoms with Crippen molar-refractivity contribution in [2.45, 2.75) is 31.3 Å². The van der Waals surface area contributed by atoms with E-state index in [-0.39, 0.29) is 19.1 Å². The first kappa shape index (κ1) is 23.7. The number of carbonyl (C=O) groups excluding carboxylic acids is 1. The molecule has 0 aliphatic carbocycles. The fourth-order valence-electron chi connectivity index (χ4n) is 3.59. The number of aryl methyl sites for hydroxylation is 1. The molecule has 0 heterocycles. The third-order valence-electron chi connectivity index (χ3n) is 5.10. The van der Waals surface area contributed by atoms with E-state index in [1.807, 2.05) is 54.6 Å². The zero-order valence-electron chi connectivity index (χ0n) is 18.5. The minimum absolute atomic E-state index is 0.133. The topological polar surface area (TPSA) is 75.6 Å². The maximum absolute atomic E-state index is 12.9. The minimum atomic E-state index is -1.18. The summed E-state index contributed by atoms with van der Waals surface area (Å²) >= 11 is 0. The molecule has 6 heteroatoms. The molecule has 0 radical (unpaired) electrons. The summed E-state index contributed by atoms with van der Waals surface area (Å²) in [5.74, 6) is 0.367. The van der Waals surface area contributed by atoms with Crippen molar-refractivity contribution in [1.29, 1.82) is 0 Å². The summed E-state index contributed by atoms with van der Waals surface area (Å²) in [6, 6.07) is 21.0. The van der Waals surface area contributed by atoms with Gasteiger partial charge < -0.3 is 15.2 Å². The van der Waals surface area contributed by atoms with Crippen LogP contribution < -0.4 is 10.1 Å². The average molecular weight is 452 g/mol. The van der Waals surface area contributed by atoms with E-state index in [4.69, 9.17) is 9.84 Å². The molecular formula is C26H29NO4S. The summed E-state index contributed by atoms with van der Waals surface area (Å²) in [4.78, 5) is 13.6. The van der Waals surface area contributed by atoms with E-state index < -0.39 is 10.8 Å². The highest BCUT2D eigenvalue weighted by molar-refractivity contribution is 7.84. The quantitative estimate of drug-likeness (QED) is 0.481. The highest BCUT2D eigenvalue weighted by Gasteiger charge is 2.20. The first-order chi connectivity index (χ1) is 15.5. The van der Waals surface area contributed by atoms with Crippen LogP contribution in [0.4, 0.5) is 0 Å². The second-order valence-corrected chi connectivity index (χ2v) is 8.84. The monoisotopic (exact) mass is 451 g/mol. The number of aliphatic hydroxyl groups excluding tert-OH is 1. The molecule has 0 aliphatic rings. The summed E-state index contributed by atoms with van der Waals surface area (Å²) < 4.78 is 18.4. The van der Waals surface area contributed by atoms with Gasteiger partial charge >= 0.3 is 0 Å². The summed E-state index contributed by atoms with van der Waals surface area (Å²) in [6.07, 6.45) is 3.33. The molecule has 3 aromatic rings. The summed E-state index contributed by atoms with van der Waals surface area (Å²) in [5, 5.41) is 11.9. The molecule has 0 aromatic heterocycles. The van der Waals surface area contributed by atoms with Crippen LogP contribution in [0.3, 0.4) is 0 Å². The third kappa shape index (κ3) is 5.84. The van der Waals surface area contributed by atoms with Gasteiger partial charge in [0.25, 0.3) is 5.91 Å². The molecule has 3 rings (SSSR count). The van der Waals surface area contributed by atoms with Crippen LogP contribution in [-0.4, -0.2) is 34.6 Å². The minimum Gasteiger partial charge on any atom is -0.488 e. The zero-order valence-corrected chi connectivity index (χ0v) is 19.3. The first-order valence-corrected chi connectivity index (χ1v) is 12.3. The number of nitrogens with one attached hydrogen (secondary N) is 1. The van der Waals surface area contributed by atoms with Crippen molar-refractivity contribution < 1.29 is 18.8 Å². The lowest BCUT2D eigenvalue weighted by atomic mass is 9.91. The Morgan fingerprint density at radius 3 is 2.53 bits per heavy atom. The van der Waals surface area contributed by atoms with Crippen molar-refractivity contribution >= 4 is 16.7 Å². The van der Waals surface area contributed by atoms with Gasteiger partial charge in [-0.05, 0) is 41.8 Å². The van der Waals surface area contributed by atoms with Gasteiger partial charge in [-0.1, -0.05) is 55.8 Å². The average Bonchev–Trinajstić information content (AvgIpc) is 2.82. The van der Waals surface area contributed by atoms with Gasteiger partial charge in [0.2, 0.25) is 0 Å². The second-order valence-electron chi connectivity index (χ2n) is 7.46. The highest BCUT2D eigenvalue weighted by atomic mass is 32.2. The molecular weight excluding hydrogens is 422 g/mol. The van der Waals surface area contributed by atoms with Crippen molar-refractivity contribution in [3.8, 4) is 16.9 Å². The largest absolute Gasteiger partial charge is 0.488 e. The van der Waals surface area contributed by atoms with E-state index in [1.165, 1.54) is 0 Å². The number of aliphatic hydroxyl groups is 1. The first-order valence-electron chi connectivity index (χ1n) is 10.7. The van der Waals surface area contributed by atoms with Gasteiger partial charge in [-0.3, -0.25) is 9.00 Å². The number of benzene rings is 3. The summed E-state index contributed by atoms with van der Waals surface area (Å²) in [7, 11) is -1.18. The molecule has 1 atom stereocenters. The Morgan fingerprint density at radius 1 is 1.06 bits per heavy atom. The Balaban J connectivity index is 2.13. The van der Waals surface area contributed by atoms with Crippen LogP contribution in [0.2, 0.25) is 0 Å². The third-order valence-corrected chi connectivity index (χ3v) is 6.02. The van der Waals surface area contributed by atoms with Crippen molar-refractivity contribution in [3.05, 3.63) is 83.4 Å². The SMILES string of the molecule is CCCc1cccc(C(=O)NCCO)c1-c1cc(S(C)=O)ccc1OCc1ccccc1. The molecule has 0 fully saturated rings. The van der Waals surface area contributed by atoms with Gasteiger partial charge in [-0.2, -0.15) is 0 Å². The lowest BCUT2D eigenvalue weighted by Crippen LogP contribution is -2.27. The van der Waals surface area contributed by atoms with Crippen molar-refractivity contribution in [3.63, 3.8) is 0 Å². The Bertz CT molecular complexity index is 1080. The maximum Gasteiger partial charge on any atom is 0.252 e. The lowest BCUT2D eigenvalue weighted by Gasteiger charge is -2.19. The molecule has 1 unspecified atom stereocenters. The molecule has 2 N–H and O–H groups in total. The zero-order chi connectivity index (χ0) is 22.9. The fraction of sp³-hybridized carbons (Fsp3) is 0.269. The number of carbonyl (C=O) groups is 1. The number of rotatable bonds is 10. The van der Waals surface area contributed by atoms with Crippen LogP contribution in [0, 0.1) is 0 Å². The van der Waals surface area contributed by atoms with Crippen LogP contribution in [0.5, 0.6) is 5.75 Å². The van der Waals surface area contributed by atoms with E-state index in [9.17, 15) is 9.00 Å². The van der Waals surface area contributed by atoms with Crippen LogP contribution in [0.15, 0.2) is 71.6 Å². The van der Waals surface area contributed by atoms with Gasteiger partial charge in [0.15, 0.2) is 0 Å². The smallest absolute Gasteiger partial charge is 0.252 e. The molecule has 0 saturated heterocycles. The number of ether oxygens (including phenoxy) is 1. The van der Waals surface area contributed by atoms with Gasteiger partial charge in [0.05, 0.1) is 6.61 Å². The molecule has 0 saturated carbocycles. The molecule has 1 amide bonds. The van der Waals surface area contributed by atoms with Crippen LogP contribution >= 0.6 is 0 Å². The van der Waals surface area contributed by atoms with Gasteiger partial charge in [-0.25, -0.2) is 0 Å². The molecule has 0 spiro atoms. The predicted octanol–water partition coefficient (Wildman–Crippen LogP) is 4.34. The van der Waals surface area contributed by atoms with E-state index in [0.717, 1.165) is 35.1 Å². The summed E-state index contributed by atoms with van der Waals surface area (Å²) in [6.45, 7) is 2.51. The molecule has 0 bridgehead atoms. The number of amides is 1. The lowest BCUT2D eigenvalue weighted by molar-refractivity contribution is 0.0945. The van der Waals surface area contributed by atoms with Gasteiger partial charge in [0, 0.05) is 45.2 Å². The van der Waals surface area contributed by atoms with E-state index in [1.54, 1.807) is 18.4 Å². The van der Waals surface area contributed by atoms with Gasteiger partial charge in [-0.15, -0.1) is 0 Å². The van der Waals surface area contributed by atoms with Crippen molar-refractivity contribution in [2.24, 2.45) is 0 Å². The van der Waals surface area contributed by atoms with E-state index in [2.05, 4.69) is 12.2 Å². The van der Waals surface area contributed by atoms with Gasteiger partial charge in [0.1, 0.15) is 12.4 Å². The van der Waals surface area contributed by atoms with Crippen LogP contribution in [0.1, 0.15) is 34.8 Å². The Kier molecular flexibility index (Phi) is 8.59. The van der Waals surface area contributed by atoms with E-state index >= 15 is 0 Å².